The molecule has 0 amide bonds. The molecule has 0 N–H and O–H groups in total. The summed E-state index contributed by atoms with van der Waals surface area (Å²) in [5.41, 5.74) is 0.800. The quantitative estimate of drug-likeness (QED) is 0.782. The summed E-state index contributed by atoms with van der Waals surface area (Å²) in [5.74, 6) is 1.20. The number of ketones is 1. The zero-order chi connectivity index (χ0) is 11.0. The van der Waals surface area contributed by atoms with Crippen molar-refractivity contribution in [2.75, 3.05) is 18.0 Å². The molecule has 1 aliphatic heterocycles. The molecule has 2 aromatic rings. The van der Waals surface area contributed by atoms with Crippen LogP contribution in [0.2, 0.25) is 0 Å². The van der Waals surface area contributed by atoms with Crippen molar-refractivity contribution in [2.45, 2.75) is 12.8 Å². The number of nitrogens with zero attached hydrogens (tertiary/aromatic N) is 2. The Morgan fingerprint density at radius 1 is 1.18 bits per heavy atom. The molecule has 5 heteroatoms. The van der Waals surface area contributed by atoms with Crippen molar-refractivity contribution in [3.8, 4) is 0 Å². The van der Waals surface area contributed by atoms with Crippen LogP contribution in [0.4, 0.5) is 5.82 Å². The van der Waals surface area contributed by atoms with Crippen LogP contribution in [0.25, 0.3) is 11.0 Å². The molecule has 1 aromatic heterocycles. The SMILES string of the molecule is Cl.O=C1CCN(c2noc3ccccc23)CC1. The van der Waals surface area contributed by atoms with Crippen LogP contribution in [-0.4, -0.2) is 24.0 Å². The lowest BCUT2D eigenvalue weighted by atomic mass is 10.1. The van der Waals surface area contributed by atoms with Crippen LogP contribution in [0.3, 0.4) is 0 Å². The van der Waals surface area contributed by atoms with E-state index in [1.165, 1.54) is 0 Å². The monoisotopic (exact) mass is 252 g/mol. The summed E-state index contributed by atoms with van der Waals surface area (Å²) in [4.78, 5) is 13.3. The number of halogens is 1. The van der Waals surface area contributed by atoms with E-state index in [1.807, 2.05) is 24.3 Å². The van der Waals surface area contributed by atoms with Crippen molar-refractivity contribution < 1.29 is 9.32 Å². The Labute approximate surface area is 105 Å². The normalized spacial score (nSPS) is 16.0. The van der Waals surface area contributed by atoms with Crippen LogP contribution < -0.4 is 4.90 Å². The maximum absolute atomic E-state index is 11.2. The van der Waals surface area contributed by atoms with Gasteiger partial charge in [-0.2, -0.15) is 0 Å². The van der Waals surface area contributed by atoms with Gasteiger partial charge >= 0.3 is 0 Å². The van der Waals surface area contributed by atoms with Gasteiger partial charge in [0.2, 0.25) is 0 Å². The number of benzene rings is 1. The van der Waals surface area contributed by atoms with Crippen molar-refractivity contribution in [2.24, 2.45) is 0 Å². The largest absolute Gasteiger partial charge is 0.354 e. The van der Waals surface area contributed by atoms with Gasteiger partial charge in [-0.1, -0.05) is 17.3 Å². The lowest BCUT2D eigenvalue weighted by Gasteiger charge is -2.25. The van der Waals surface area contributed by atoms with Gasteiger partial charge in [0.15, 0.2) is 11.4 Å². The molecule has 4 nitrogen and oxygen atoms in total. The van der Waals surface area contributed by atoms with Gasteiger partial charge in [-0.3, -0.25) is 4.79 Å². The van der Waals surface area contributed by atoms with Crippen LogP contribution in [0.5, 0.6) is 0 Å². The number of aromatic nitrogens is 1. The predicted octanol–water partition coefficient (Wildman–Crippen LogP) is 2.42. The highest BCUT2D eigenvalue weighted by atomic mass is 35.5. The molecule has 1 aliphatic rings. The Kier molecular flexibility index (Phi) is 3.33. The highest BCUT2D eigenvalue weighted by Crippen LogP contribution is 2.27. The highest BCUT2D eigenvalue weighted by molar-refractivity contribution is 5.89. The Balaban J connectivity index is 0.00000108. The molecule has 1 aromatic carbocycles. The van der Waals surface area contributed by atoms with Gasteiger partial charge in [-0.15, -0.1) is 12.4 Å². The van der Waals surface area contributed by atoms with Gasteiger partial charge in [0.25, 0.3) is 0 Å². The summed E-state index contributed by atoms with van der Waals surface area (Å²) >= 11 is 0. The van der Waals surface area contributed by atoms with Crippen LogP contribution in [-0.2, 0) is 4.79 Å². The van der Waals surface area contributed by atoms with E-state index < -0.39 is 0 Å². The van der Waals surface area contributed by atoms with Crippen LogP contribution in [0.15, 0.2) is 28.8 Å². The summed E-state index contributed by atoms with van der Waals surface area (Å²) < 4.78 is 5.25. The minimum absolute atomic E-state index is 0. The number of rotatable bonds is 1. The van der Waals surface area contributed by atoms with E-state index in [0.29, 0.717) is 18.6 Å². The second-order valence-electron chi connectivity index (χ2n) is 4.03. The van der Waals surface area contributed by atoms with Gasteiger partial charge < -0.3 is 9.42 Å². The molecule has 90 valence electrons. The molecule has 0 radical (unpaired) electrons. The van der Waals surface area contributed by atoms with E-state index in [9.17, 15) is 4.79 Å². The minimum atomic E-state index is 0. The van der Waals surface area contributed by atoms with Crippen LogP contribution in [0, 0.1) is 0 Å². The number of hydrogen-bond acceptors (Lipinski definition) is 4. The van der Waals surface area contributed by atoms with Gasteiger partial charge in [-0.05, 0) is 12.1 Å². The number of Topliss-reactive ketones (excluding diaryl/α,β-unsaturated/α-hetero) is 1. The molecule has 17 heavy (non-hydrogen) atoms. The molecular weight excluding hydrogens is 240 g/mol. The first kappa shape index (κ1) is 11.9. The lowest BCUT2D eigenvalue weighted by Crippen LogP contribution is -2.33. The third-order valence-corrected chi connectivity index (χ3v) is 2.98. The van der Waals surface area contributed by atoms with Gasteiger partial charge in [-0.25, -0.2) is 0 Å². The molecular formula is C12H13ClN2O2. The smallest absolute Gasteiger partial charge is 0.179 e. The number of fused-ring (bicyclic) bond motifs is 1. The minimum Gasteiger partial charge on any atom is -0.354 e. The zero-order valence-electron chi connectivity index (χ0n) is 9.26. The summed E-state index contributed by atoms with van der Waals surface area (Å²) in [7, 11) is 0. The summed E-state index contributed by atoms with van der Waals surface area (Å²) in [5, 5.41) is 5.11. The average Bonchev–Trinajstić information content (AvgIpc) is 2.74. The molecule has 2 heterocycles. The van der Waals surface area contributed by atoms with E-state index in [2.05, 4.69) is 10.1 Å². The first-order valence-corrected chi connectivity index (χ1v) is 5.45. The zero-order valence-corrected chi connectivity index (χ0v) is 10.1. The van der Waals surface area contributed by atoms with Crippen molar-refractivity contribution in [1.82, 2.24) is 5.16 Å². The van der Waals surface area contributed by atoms with Crippen LogP contribution in [0.1, 0.15) is 12.8 Å². The Bertz CT molecular complexity index is 528. The molecule has 0 saturated carbocycles. The number of hydrogen-bond donors (Lipinski definition) is 0. The summed E-state index contributed by atoms with van der Waals surface area (Å²) in [6.45, 7) is 1.49. The van der Waals surface area contributed by atoms with Crippen molar-refractivity contribution in [1.29, 1.82) is 0 Å². The molecule has 0 unspecified atom stereocenters. The maximum Gasteiger partial charge on any atom is 0.179 e. The topological polar surface area (TPSA) is 46.3 Å². The van der Waals surface area contributed by atoms with E-state index in [4.69, 9.17) is 4.52 Å². The summed E-state index contributed by atoms with van der Waals surface area (Å²) in [6.07, 6.45) is 1.22. The molecule has 0 atom stereocenters. The Hall–Kier alpha value is -1.55. The third-order valence-electron chi connectivity index (χ3n) is 2.98. The second-order valence-corrected chi connectivity index (χ2v) is 4.03. The fourth-order valence-electron chi connectivity index (χ4n) is 2.07. The Morgan fingerprint density at radius 3 is 2.65 bits per heavy atom. The number of piperidine rings is 1. The fraction of sp³-hybridized carbons (Fsp3) is 0.333. The van der Waals surface area contributed by atoms with Gasteiger partial charge in [0.1, 0.15) is 5.78 Å². The standard InChI is InChI=1S/C12H12N2O2.ClH/c15-9-5-7-14(8-6-9)12-10-3-1-2-4-11(10)16-13-12;/h1-4H,5-8H2;1H. The fourth-order valence-corrected chi connectivity index (χ4v) is 2.07. The number of carbonyl (C=O) groups is 1. The van der Waals surface area contributed by atoms with E-state index >= 15 is 0 Å². The third kappa shape index (κ3) is 2.13. The van der Waals surface area contributed by atoms with E-state index in [0.717, 1.165) is 29.9 Å². The lowest BCUT2D eigenvalue weighted by molar-refractivity contribution is -0.119. The van der Waals surface area contributed by atoms with Gasteiger partial charge in [0.05, 0.1) is 5.39 Å². The van der Waals surface area contributed by atoms with Gasteiger partial charge in [0, 0.05) is 25.9 Å². The van der Waals surface area contributed by atoms with Crippen molar-refractivity contribution in [3.05, 3.63) is 24.3 Å². The van der Waals surface area contributed by atoms with Crippen LogP contribution >= 0.6 is 12.4 Å². The first-order valence-electron chi connectivity index (χ1n) is 5.45. The Morgan fingerprint density at radius 2 is 1.88 bits per heavy atom. The average molecular weight is 253 g/mol. The van der Waals surface area contributed by atoms with Crippen molar-refractivity contribution >= 4 is 35.0 Å². The molecule has 0 bridgehead atoms. The second kappa shape index (κ2) is 4.75. The first-order chi connectivity index (χ1) is 7.84. The number of para-hydroxylation sites is 1. The maximum atomic E-state index is 11.2. The molecule has 3 rings (SSSR count). The molecule has 1 fully saturated rings. The number of carbonyl (C=O) groups excluding carboxylic acids is 1. The van der Waals surface area contributed by atoms with E-state index in [1.54, 1.807) is 0 Å². The number of anilines is 1. The molecule has 0 spiro atoms. The van der Waals surface area contributed by atoms with Crippen molar-refractivity contribution in [3.63, 3.8) is 0 Å². The predicted molar refractivity (Wildman–Crippen MR) is 67.7 cm³/mol. The summed E-state index contributed by atoms with van der Waals surface area (Å²) in [6, 6.07) is 7.80. The van der Waals surface area contributed by atoms with E-state index in [-0.39, 0.29) is 12.4 Å². The molecule has 1 saturated heterocycles. The highest BCUT2D eigenvalue weighted by Gasteiger charge is 2.20. The molecule has 0 aliphatic carbocycles.